The van der Waals surface area contributed by atoms with Crippen molar-refractivity contribution in [2.75, 3.05) is 0 Å². The van der Waals surface area contributed by atoms with Crippen molar-refractivity contribution in [1.82, 2.24) is 0 Å². The highest BCUT2D eigenvalue weighted by molar-refractivity contribution is 5.89. The fourth-order valence-corrected chi connectivity index (χ4v) is 3.80. The van der Waals surface area contributed by atoms with Gasteiger partial charge in [-0.15, -0.1) is 0 Å². The molecular weight excluding hydrogens is 432 g/mol. The fraction of sp³-hybridized carbons (Fsp3) is 0. The van der Waals surface area contributed by atoms with Crippen molar-refractivity contribution < 1.29 is 14.9 Å². The first-order valence-corrected chi connectivity index (χ1v) is 11.3. The van der Waals surface area contributed by atoms with Gasteiger partial charge in [0.2, 0.25) is 0 Å². The summed E-state index contributed by atoms with van der Waals surface area (Å²) in [5, 5.41) is 4.67. The van der Waals surface area contributed by atoms with Crippen LogP contribution in [0.1, 0.15) is 0 Å². The van der Waals surface area contributed by atoms with Gasteiger partial charge in [0.25, 0.3) is 0 Å². The van der Waals surface area contributed by atoms with E-state index in [-0.39, 0.29) is 5.48 Å². The second-order valence-corrected chi connectivity index (χ2v) is 7.78. The SMILES string of the molecule is O.c1ccc(Oc2cccc3ccccc23)cc1.c1ccc(Oc2cccc3ccccc23)cc1. The highest BCUT2D eigenvalue weighted by atomic mass is 16.5. The van der Waals surface area contributed by atoms with Crippen LogP contribution in [0.3, 0.4) is 0 Å². The Morgan fingerprint density at radius 1 is 0.314 bits per heavy atom. The van der Waals surface area contributed by atoms with Crippen LogP contribution in [0.15, 0.2) is 146 Å². The molecule has 0 fully saturated rings. The van der Waals surface area contributed by atoms with E-state index in [9.17, 15) is 0 Å². The van der Waals surface area contributed by atoms with Gasteiger partial charge in [0.15, 0.2) is 0 Å². The molecule has 0 amide bonds. The van der Waals surface area contributed by atoms with Gasteiger partial charge >= 0.3 is 0 Å². The second kappa shape index (κ2) is 11.5. The Morgan fingerprint density at radius 3 is 1.09 bits per heavy atom. The molecule has 0 heterocycles. The zero-order valence-electron chi connectivity index (χ0n) is 19.2. The van der Waals surface area contributed by atoms with Gasteiger partial charge in [-0.3, -0.25) is 0 Å². The predicted molar refractivity (Wildman–Crippen MR) is 145 cm³/mol. The van der Waals surface area contributed by atoms with Gasteiger partial charge in [-0.2, -0.15) is 0 Å². The zero-order chi connectivity index (χ0) is 23.0. The number of para-hydroxylation sites is 2. The molecule has 0 saturated carbocycles. The van der Waals surface area contributed by atoms with Crippen molar-refractivity contribution in [3.8, 4) is 23.0 Å². The molecule has 2 N–H and O–H groups in total. The highest BCUT2D eigenvalue weighted by Gasteiger charge is 2.03. The van der Waals surface area contributed by atoms with Gasteiger partial charge in [0, 0.05) is 10.8 Å². The third-order valence-corrected chi connectivity index (χ3v) is 5.44. The van der Waals surface area contributed by atoms with E-state index in [2.05, 4.69) is 36.4 Å². The summed E-state index contributed by atoms with van der Waals surface area (Å²) in [4.78, 5) is 0. The number of hydrogen-bond donors (Lipinski definition) is 0. The molecule has 0 radical (unpaired) electrons. The van der Waals surface area contributed by atoms with E-state index in [1.54, 1.807) is 0 Å². The normalized spacial score (nSPS) is 10.1. The van der Waals surface area contributed by atoms with Gasteiger partial charge < -0.3 is 14.9 Å². The van der Waals surface area contributed by atoms with Crippen LogP contribution in [0.2, 0.25) is 0 Å². The summed E-state index contributed by atoms with van der Waals surface area (Å²) >= 11 is 0. The molecule has 0 aromatic heterocycles. The lowest BCUT2D eigenvalue weighted by molar-refractivity contribution is 0.488. The molecule has 0 aliphatic carbocycles. The molecule has 6 aromatic carbocycles. The lowest BCUT2D eigenvalue weighted by atomic mass is 10.1. The quantitative estimate of drug-likeness (QED) is 0.266. The smallest absolute Gasteiger partial charge is 0.135 e. The summed E-state index contributed by atoms with van der Waals surface area (Å²) < 4.78 is 11.8. The monoisotopic (exact) mass is 458 g/mol. The molecule has 172 valence electrons. The van der Waals surface area contributed by atoms with Crippen LogP contribution in [-0.2, 0) is 0 Å². The zero-order valence-corrected chi connectivity index (χ0v) is 19.2. The summed E-state index contributed by atoms with van der Waals surface area (Å²) in [6.07, 6.45) is 0. The topological polar surface area (TPSA) is 50.0 Å². The summed E-state index contributed by atoms with van der Waals surface area (Å²) in [6.45, 7) is 0. The molecule has 0 unspecified atom stereocenters. The van der Waals surface area contributed by atoms with Gasteiger partial charge in [-0.25, -0.2) is 0 Å². The molecule has 35 heavy (non-hydrogen) atoms. The third kappa shape index (κ3) is 5.85. The lowest BCUT2D eigenvalue weighted by Crippen LogP contribution is -1.84. The predicted octanol–water partition coefficient (Wildman–Crippen LogP) is 8.44. The second-order valence-electron chi connectivity index (χ2n) is 7.78. The standard InChI is InChI=1S/2C16H12O.H2O/c2*1-2-9-14(10-3-1)17-16-12-6-8-13-7-4-5-11-15(13)16;/h2*1-12H;1H2. The third-order valence-electron chi connectivity index (χ3n) is 5.44. The van der Waals surface area contributed by atoms with E-state index in [4.69, 9.17) is 9.47 Å². The van der Waals surface area contributed by atoms with Crippen LogP contribution in [0.4, 0.5) is 0 Å². The van der Waals surface area contributed by atoms with E-state index in [0.717, 1.165) is 33.8 Å². The van der Waals surface area contributed by atoms with Crippen molar-refractivity contribution in [1.29, 1.82) is 0 Å². The first kappa shape index (κ1) is 23.6. The minimum Gasteiger partial charge on any atom is -0.457 e. The van der Waals surface area contributed by atoms with Crippen LogP contribution < -0.4 is 9.47 Å². The summed E-state index contributed by atoms with van der Waals surface area (Å²) in [6, 6.07) is 48.4. The minimum atomic E-state index is 0. The maximum absolute atomic E-state index is 5.89. The average Bonchev–Trinajstić information content (AvgIpc) is 2.91. The molecule has 0 bridgehead atoms. The molecular formula is C32H26O3. The maximum Gasteiger partial charge on any atom is 0.135 e. The van der Waals surface area contributed by atoms with E-state index in [1.165, 1.54) is 10.8 Å². The Bertz CT molecular complexity index is 1370. The molecule has 0 atom stereocenters. The number of fused-ring (bicyclic) bond motifs is 2. The Morgan fingerprint density at radius 2 is 0.657 bits per heavy atom. The first-order chi connectivity index (χ1) is 16.9. The Hall–Kier alpha value is -4.60. The van der Waals surface area contributed by atoms with Crippen molar-refractivity contribution >= 4 is 21.5 Å². The maximum atomic E-state index is 5.89. The molecule has 0 spiro atoms. The van der Waals surface area contributed by atoms with Crippen LogP contribution >= 0.6 is 0 Å². The molecule has 0 saturated heterocycles. The lowest BCUT2D eigenvalue weighted by Gasteiger charge is -2.08. The average molecular weight is 459 g/mol. The molecule has 0 aliphatic rings. The van der Waals surface area contributed by atoms with Crippen molar-refractivity contribution in [3.63, 3.8) is 0 Å². The Balaban J connectivity index is 0.000000160. The van der Waals surface area contributed by atoms with Crippen LogP contribution in [-0.4, -0.2) is 5.48 Å². The Kier molecular flexibility index (Phi) is 7.74. The summed E-state index contributed by atoms with van der Waals surface area (Å²) in [5.41, 5.74) is 0. The number of rotatable bonds is 4. The molecule has 6 rings (SSSR count). The first-order valence-electron chi connectivity index (χ1n) is 11.3. The minimum absolute atomic E-state index is 0. The van der Waals surface area contributed by atoms with Crippen molar-refractivity contribution in [2.45, 2.75) is 0 Å². The molecule has 3 heteroatoms. The molecule has 6 aromatic rings. The molecule has 3 nitrogen and oxygen atoms in total. The fourth-order valence-electron chi connectivity index (χ4n) is 3.80. The Labute approximate surface area is 205 Å². The van der Waals surface area contributed by atoms with E-state index in [0.29, 0.717) is 0 Å². The van der Waals surface area contributed by atoms with Crippen LogP contribution in [0.5, 0.6) is 23.0 Å². The highest BCUT2D eigenvalue weighted by Crippen LogP contribution is 2.30. The van der Waals surface area contributed by atoms with E-state index >= 15 is 0 Å². The van der Waals surface area contributed by atoms with E-state index < -0.39 is 0 Å². The summed E-state index contributed by atoms with van der Waals surface area (Å²) in [5.74, 6) is 3.52. The largest absolute Gasteiger partial charge is 0.457 e. The van der Waals surface area contributed by atoms with Gasteiger partial charge in [0.05, 0.1) is 0 Å². The number of ether oxygens (including phenoxy) is 2. The number of hydrogen-bond acceptors (Lipinski definition) is 2. The van der Waals surface area contributed by atoms with Gasteiger partial charge in [-0.1, -0.05) is 109 Å². The van der Waals surface area contributed by atoms with Gasteiger partial charge in [-0.05, 0) is 47.2 Å². The number of benzene rings is 6. The molecule has 0 aliphatic heterocycles. The summed E-state index contributed by atoms with van der Waals surface area (Å²) in [7, 11) is 0. The van der Waals surface area contributed by atoms with Crippen LogP contribution in [0.25, 0.3) is 21.5 Å². The van der Waals surface area contributed by atoms with E-state index in [1.807, 2.05) is 109 Å². The van der Waals surface area contributed by atoms with Crippen molar-refractivity contribution in [2.24, 2.45) is 0 Å². The van der Waals surface area contributed by atoms with Gasteiger partial charge in [0.1, 0.15) is 23.0 Å². The van der Waals surface area contributed by atoms with Crippen LogP contribution in [0, 0.1) is 0 Å². The van der Waals surface area contributed by atoms with Crippen molar-refractivity contribution in [3.05, 3.63) is 146 Å².